The molecule has 0 aliphatic heterocycles. The van der Waals surface area contributed by atoms with Crippen molar-refractivity contribution in [2.75, 3.05) is 12.3 Å². The summed E-state index contributed by atoms with van der Waals surface area (Å²) < 4.78 is 0. The van der Waals surface area contributed by atoms with E-state index in [4.69, 9.17) is 17.3 Å². The summed E-state index contributed by atoms with van der Waals surface area (Å²) >= 11 is 5.67. The SMILES string of the molecule is CC(=O)NCC=Cc1cnc(N)c(Cl)n1. The van der Waals surface area contributed by atoms with Gasteiger partial charge in [0.25, 0.3) is 0 Å². The maximum atomic E-state index is 10.5. The van der Waals surface area contributed by atoms with Gasteiger partial charge in [0, 0.05) is 13.5 Å². The summed E-state index contributed by atoms with van der Waals surface area (Å²) in [6, 6.07) is 0. The van der Waals surface area contributed by atoms with Crippen LogP contribution in [0.4, 0.5) is 5.82 Å². The molecule has 1 heterocycles. The summed E-state index contributed by atoms with van der Waals surface area (Å²) in [7, 11) is 0. The molecule has 1 rings (SSSR count). The molecule has 0 spiro atoms. The van der Waals surface area contributed by atoms with Crippen molar-refractivity contribution in [3.05, 3.63) is 23.1 Å². The van der Waals surface area contributed by atoms with E-state index in [-0.39, 0.29) is 16.9 Å². The van der Waals surface area contributed by atoms with E-state index in [0.717, 1.165) is 0 Å². The van der Waals surface area contributed by atoms with Crippen molar-refractivity contribution in [2.45, 2.75) is 6.92 Å². The van der Waals surface area contributed by atoms with Crippen LogP contribution >= 0.6 is 11.6 Å². The van der Waals surface area contributed by atoms with Crippen LogP contribution in [0.15, 0.2) is 12.3 Å². The van der Waals surface area contributed by atoms with Gasteiger partial charge < -0.3 is 11.1 Å². The number of rotatable bonds is 3. The van der Waals surface area contributed by atoms with Gasteiger partial charge in [0.15, 0.2) is 11.0 Å². The van der Waals surface area contributed by atoms with Crippen molar-refractivity contribution >= 4 is 29.4 Å². The first-order valence-electron chi connectivity index (χ1n) is 4.28. The van der Waals surface area contributed by atoms with E-state index in [1.165, 1.54) is 13.1 Å². The van der Waals surface area contributed by atoms with Gasteiger partial charge in [0.1, 0.15) is 0 Å². The molecule has 5 nitrogen and oxygen atoms in total. The highest BCUT2D eigenvalue weighted by atomic mass is 35.5. The number of aromatic nitrogens is 2. The Balaban J connectivity index is 2.57. The molecule has 0 bridgehead atoms. The Bertz CT molecular complexity index is 392. The molecular formula is C9H11ClN4O. The van der Waals surface area contributed by atoms with Gasteiger partial charge >= 0.3 is 0 Å². The fraction of sp³-hybridized carbons (Fsp3) is 0.222. The summed E-state index contributed by atoms with van der Waals surface area (Å²) in [4.78, 5) is 18.3. The third-order valence-corrected chi connectivity index (χ3v) is 1.81. The molecule has 0 atom stereocenters. The molecule has 0 aromatic carbocycles. The predicted octanol–water partition coefficient (Wildman–Crippen LogP) is 0.861. The normalized spacial score (nSPS) is 10.5. The summed E-state index contributed by atoms with van der Waals surface area (Å²) in [6.45, 7) is 1.90. The van der Waals surface area contributed by atoms with E-state index in [9.17, 15) is 4.79 Å². The van der Waals surface area contributed by atoms with Crippen LogP contribution in [-0.4, -0.2) is 22.4 Å². The first-order chi connectivity index (χ1) is 7.09. The second kappa shape index (κ2) is 5.31. The number of nitrogen functional groups attached to an aromatic ring is 1. The fourth-order valence-electron chi connectivity index (χ4n) is 0.851. The number of hydrogen-bond donors (Lipinski definition) is 2. The standard InChI is InChI=1S/C9H11ClN4O/c1-6(15)12-4-2-3-7-5-13-9(11)8(10)14-7/h2-3,5H,4H2,1H3,(H2,11,13)(H,12,15). The largest absolute Gasteiger partial charge is 0.381 e. The lowest BCUT2D eigenvalue weighted by atomic mass is 10.4. The van der Waals surface area contributed by atoms with E-state index in [1.807, 2.05) is 0 Å². The highest BCUT2D eigenvalue weighted by Crippen LogP contribution is 2.12. The van der Waals surface area contributed by atoms with Crippen LogP contribution in [0.2, 0.25) is 5.15 Å². The van der Waals surface area contributed by atoms with Crippen LogP contribution < -0.4 is 11.1 Å². The van der Waals surface area contributed by atoms with E-state index in [1.54, 1.807) is 12.2 Å². The van der Waals surface area contributed by atoms with Gasteiger partial charge in [-0.05, 0) is 6.08 Å². The first-order valence-corrected chi connectivity index (χ1v) is 4.66. The fourth-order valence-corrected chi connectivity index (χ4v) is 0.997. The molecule has 0 saturated carbocycles. The van der Waals surface area contributed by atoms with Crippen LogP contribution in [0.5, 0.6) is 0 Å². The first kappa shape index (κ1) is 11.5. The third-order valence-electron chi connectivity index (χ3n) is 1.53. The summed E-state index contributed by atoms with van der Waals surface area (Å²) in [5.74, 6) is 0.122. The van der Waals surface area contributed by atoms with Gasteiger partial charge in [0.2, 0.25) is 5.91 Å². The zero-order chi connectivity index (χ0) is 11.3. The topological polar surface area (TPSA) is 80.9 Å². The van der Waals surface area contributed by atoms with Crippen molar-refractivity contribution in [2.24, 2.45) is 0 Å². The Hall–Kier alpha value is -1.62. The Morgan fingerprint density at radius 3 is 3.07 bits per heavy atom. The van der Waals surface area contributed by atoms with Crippen molar-refractivity contribution in [1.29, 1.82) is 0 Å². The minimum atomic E-state index is -0.0823. The number of amides is 1. The summed E-state index contributed by atoms with van der Waals surface area (Å²) in [5.41, 5.74) is 5.99. The van der Waals surface area contributed by atoms with Crippen molar-refractivity contribution < 1.29 is 4.79 Å². The molecule has 0 fully saturated rings. The minimum Gasteiger partial charge on any atom is -0.381 e. The number of carbonyl (C=O) groups excluding carboxylic acids is 1. The van der Waals surface area contributed by atoms with Crippen molar-refractivity contribution in [1.82, 2.24) is 15.3 Å². The number of nitrogens with zero attached hydrogens (tertiary/aromatic N) is 2. The zero-order valence-corrected chi connectivity index (χ0v) is 8.95. The van der Waals surface area contributed by atoms with Crippen LogP contribution in [-0.2, 0) is 4.79 Å². The van der Waals surface area contributed by atoms with Crippen LogP contribution in [0.1, 0.15) is 12.6 Å². The zero-order valence-electron chi connectivity index (χ0n) is 8.20. The molecule has 1 aromatic heterocycles. The summed E-state index contributed by atoms with van der Waals surface area (Å²) in [5, 5.41) is 2.79. The number of nitrogens with one attached hydrogen (secondary N) is 1. The lowest BCUT2D eigenvalue weighted by Crippen LogP contribution is -2.19. The number of halogens is 1. The van der Waals surface area contributed by atoms with Crippen molar-refractivity contribution in [3.8, 4) is 0 Å². The number of anilines is 1. The number of carbonyl (C=O) groups is 1. The Kier molecular flexibility index (Phi) is 4.05. The Morgan fingerprint density at radius 1 is 1.73 bits per heavy atom. The van der Waals surface area contributed by atoms with Gasteiger partial charge in [0.05, 0.1) is 11.9 Å². The van der Waals surface area contributed by atoms with Crippen molar-refractivity contribution in [3.63, 3.8) is 0 Å². The average Bonchev–Trinajstić information content (AvgIpc) is 2.18. The number of nitrogens with two attached hydrogens (primary N) is 1. The molecule has 3 N–H and O–H groups in total. The molecule has 15 heavy (non-hydrogen) atoms. The quantitative estimate of drug-likeness (QED) is 0.801. The monoisotopic (exact) mass is 226 g/mol. The van der Waals surface area contributed by atoms with E-state index < -0.39 is 0 Å². The Morgan fingerprint density at radius 2 is 2.47 bits per heavy atom. The minimum absolute atomic E-state index is 0.0823. The maximum absolute atomic E-state index is 10.5. The molecule has 1 amide bonds. The van der Waals surface area contributed by atoms with Crippen LogP contribution in [0.3, 0.4) is 0 Å². The van der Waals surface area contributed by atoms with E-state index in [2.05, 4.69) is 15.3 Å². The van der Waals surface area contributed by atoms with E-state index in [0.29, 0.717) is 12.2 Å². The van der Waals surface area contributed by atoms with E-state index >= 15 is 0 Å². The molecule has 0 aliphatic rings. The molecule has 0 saturated heterocycles. The molecule has 0 radical (unpaired) electrons. The molecule has 0 unspecified atom stereocenters. The lowest BCUT2D eigenvalue weighted by Gasteiger charge is -1.97. The average molecular weight is 227 g/mol. The van der Waals surface area contributed by atoms with Gasteiger partial charge in [-0.15, -0.1) is 0 Å². The van der Waals surface area contributed by atoms with Gasteiger partial charge in [-0.25, -0.2) is 9.97 Å². The van der Waals surface area contributed by atoms with Gasteiger partial charge in [-0.3, -0.25) is 4.79 Å². The van der Waals surface area contributed by atoms with Crippen LogP contribution in [0.25, 0.3) is 6.08 Å². The molecule has 1 aromatic rings. The second-order valence-electron chi connectivity index (χ2n) is 2.81. The predicted molar refractivity (Wildman–Crippen MR) is 59.2 cm³/mol. The molecule has 80 valence electrons. The molecule has 0 aliphatic carbocycles. The van der Waals surface area contributed by atoms with Gasteiger partial charge in [-0.1, -0.05) is 17.7 Å². The Labute approximate surface area is 92.4 Å². The highest BCUT2D eigenvalue weighted by molar-refractivity contribution is 6.31. The van der Waals surface area contributed by atoms with Gasteiger partial charge in [-0.2, -0.15) is 0 Å². The smallest absolute Gasteiger partial charge is 0.217 e. The molecular weight excluding hydrogens is 216 g/mol. The number of hydrogen-bond acceptors (Lipinski definition) is 4. The second-order valence-corrected chi connectivity index (χ2v) is 3.17. The highest BCUT2D eigenvalue weighted by Gasteiger charge is 1.98. The third kappa shape index (κ3) is 3.95. The lowest BCUT2D eigenvalue weighted by molar-refractivity contribution is -0.118. The maximum Gasteiger partial charge on any atom is 0.217 e. The summed E-state index contributed by atoms with van der Waals surface area (Å²) in [6.07, 6.45) is 4.96. The molecule has 6 heteroatoms. The van der Waals surface area contributed by atoms with Crippen LogP contribution in [0, 0.1) is 0 Å².